The molecule has 0 fully saturated rings. The highest BCUT2D eigenvalue weighted by molar-refractivity contribution is 6.98. The number of aromatic nitrogens is 1. The van der Waals surface area contributed by atoms with Crippen LogP contribution in [0.2, 0.25) is 0 Å². The third-order valence-corrected chi connectivity index (χ3v) is 7.99. The molecule has 0 aliphatic heterocycles. The molecule has 0 N–H and O–H groups in total. The predicted octanol–water partition coefficient (Wildman–Crippen LogP) is 6.91. The van der Waals surface area contributed by atoms with Gasteiger partial charge in [-0.2, -0.15) is 0 Å². The number of rotatable bonds is 3. The van der Waals surface area contributed by atoms with Crippen LogP contribution >= 0.6 is 0 Å². The second kappa shape index (κ2) is 8.89. The van der Waals surface area contributed by atoms with E-state index in [1.165, 1.54) is 76.7 Å². The van der Waals surface area contributed by atoms with Gasteiger partial charge in [0.1, 0.15) is 0 Å². The molecule has 0 saturated carbocycles. The average molecular weight is 477 g/mol. The Bertz CT molecular complexity index is 1740. The molecule has 0 spiro atoms. The van der Waals surface area contributed by atoms with Gasteiger partial charge >= 0.3 is 0 Å². The zero-order valence-electron chi connectivity index (χ0n) is 22.6. The van der Waals surface area contributed by atoms with E-state index in [4.69, 9.17) is 4.98 Å². The van der Waals surface area contributed by atoms with E-state index in [9.17, 15) is 0 Å². The van der Waals surface area contributed by atoms with Crippen molar-refractivity contribution in [3.05, 3.63) is 118 Å². The van der Waals surface area contributed by atoms with Crippen molar-refractivity contribution in [3.8, 4) is 0 Å². The first-order chi connectivity index (χ1) is 17.8. The fourth-order valence-electron chi connectivity index (χ4n) is 6.75. The third kappa shape index (κ3) is 3.83. The summed E-state index contributed by atoms with van der Waals surface area (Å²) in [6.45, 7) is 13.6. The zero-order chi connectivity index (χ0) is 25.8. The molecule has 0 bridgehead atoms. The standard InChI is InChI=1S/C35H32BN/c1-21-15-23(3)34(24(4)16-21)36(35-25(5)17-22(2)18-26(35)6)31-19-27-20-37-32-14-10-9-13-30(32)33(27)29-12-8-7-11-28(29)31/h7-20H,1-6H3. The minimum Gasteiger partial charge on any atom is -0.256 e. The Balaban J connectivity index is 1.80. The highest BCUT2D eigenvalue weighted by Gasteiger charge is 2.30. The van der Waals surface area contributed by atoms with Crippen LogP contribution in [0, 0.1) is 41.5 Å². The van der Waals surface area contributed by atoms with Crippen LogP contribution in [0.5, 0.6) is 0 Å². The van der Waals surface area contributed by atoms with E-state index >= 15 is 0 Å². The fourth-order valence-corrected chi connectivity index (χ4v) is 6.75. The van der Waals surface area contributed by atoms with Crippen LogP contribution in [-0.2, 0) is 0 Å². The molecule has 1 aromatic heterocycles. The molecule has 2 heteroatoms. The van der Waals surface area contributed by atoms with Crippen molar-refractivity contribution in [2.45, 2.75) is 41.5 Å². The van der Waals surface area contributed by atoms with Gasteiger partial charge in [0.15, 0.2) is 0 Å². The summed E-state index contributed by atoms with van der Waals surface area (Å²) in [5.41, 5.74) is 13.3. The maximum atomic E-state index is 4.86. The molecule has 0 radical (unpaired) electrons. The van der Waals surface area contributed by atoms with Gasteiger partial charge in [0.2, 0.25) is 6.71 Å². The second-order valence-corrected chi connectivity index (χ2v) is 10.8. The van der Waals surface area contributed by atoms with Crippen molar-refractivity contribution in [2.24, 2.45) is 0 Å². The predicted molar refractivity (Wildman–Crippen MR) is 163 cm³/mol. The van der Waals surface area contributed by atoms with E-state index in [0.29, 0.717) is 0 Å². The van der Waals surface area contributed by atoms with Crippen molar-refractivity contribution < 1.29 is 0 Å². The van der Waals surface area contributed by atoms with Gasteiger partial charge in [-0.1, -0.05) is 123 Å². The van der Waals surface area contributed by atoms with Crippen LogP contribution in [0.1, 0.15) is 33.4 Å². The quantitative estimate of drug-likeness (QED) is 0.199. The lowest BCUT2D eigenvalue weighted by Crippen LogP contribution is -2.56. The lowest BCUT2D eigenvalue weighted by Gasteiger charge is -2.26. The Hall–Kier alpha value is -3.91. The van der Waals surface area contributed by atoms with Crippen LogP contribution in [0.4, 0.5) is 0 Å². The van der Waals surface area contributed by atoms with Gasteiger partial charge in [0.05, 0.1) is 5.52 Å². The van der Waals surface area contributed by atoms with Crippen LogP contribution in [0.3, 0.4) is 0 Å². The SMILES string of the molecule is Cc1cc(C)c(B(c2c(C)cc(C)cc2C)c2cc3cnc4ccccc4c3c3ccccc23)c(C)c1. The molecule has 180 valence electrons. The van der Waals surface area contributed by atoms with Crippen molar-refractivity contribution in [1.82, 2.24) is 4.98 Å². The number of hydrogen-bond donors (Lipinski definition) is 0. The molecule has 6 aromatic rings. The van der Waals surface area contributed by atoms with Gasteiger partial charge in [0.25, 0.3) is 0 Å². The summed E-state index contributed by atoms with van der Waals surface area (Å²) < 4.78 is 0. The second-order valence-electron chi connectivity index (χ2n) is 10.8. The van der Waals surface area contributed by atoms with E-state index in [1.807, 2.05) is 0 Å². The molecule has 0 amide bonds. The molecule has 0 atom stereocenters. The molecule has 0 aliphatic carbocycles. The molecule has 5 aromatic carbocycles. The Kier molecular flexibility index (Phi) is 5.64. The van der Waals surface area contributed by atoms with Crippen LogP contribution < -0.4 is 16.4 Å². The van der Waals surface area contributed by atoms with Gasteiger partial charge in [-0.05, 0) is 58.4 Å². The van der Waals surface area contributed by atoms with Crippen molar-refractivity contribution in [2.75, 3.05) is 0 Å². The average Bonchev–Trinajstić information content (AvgIpc) is 2.86. The van der Waals surface area contributed by atoms with Gasteiger partial charge in [-0.3, -0.25) is 4.98 Å². The molecule has 0 unspecified atom stereocenters. The number of nitrogens with zero attached hydrogens (tertiary/aromatic N) is 1. The topological polar surface area (TPSA) is 12.9 Å². The maximum absolute atomic E-state index is 4.86. The van der Waals surface area contributed by atoms with Crippen molar-refractivity contribution in [3.63, 3.8) is 0 Å². The summed E-state index contributed by atoms with van der Waals surface area (Å²) in [4.78, 5) is 4.86. The molecule has 37 heavy (non-hydrogen) atoms. The highest BCUT2D eigenvalue weighted by atomic mass is 14.6. The maximum Gasteiger partial charge on any atom is 0.243 e. The van der Waals surface area contributed by atoms with Crippen molar-refractivity contribution in [1.29, 1.82) is 0 Å². The number of aryl methyl sites for hydroxylation is 6. The lowest BCUT2D eigenvalue weighted by atomic mass is 9.33. The fraction of sp³-hybridized carbons (Fsp3) is 0.171. The summed E-state index contributed by atoms with van der Waals surface area (Å²) in [5, 5.41) is 6.31. The van der Waals surface area contributed by atoms with Gasteiger partial charge < -0.3 is 0 Å². The van der Waals surface area contributed by atoms with Gasteiger partial charge in [0, 0.05) is 22.4 Å². The monoisotopic (exact) mass is 477 g/mol. The molecular weight excluding hydrogens is 445 g/mol. The molecule has 6 rings (SSSR count). The van der Waals surface area contributed by atoms with Gasteiger partial charge in [-0.25, -0.2) is 0 Å². The number of pyridine rings is 1. The van der Waals surface area contributed by atoms with E-state index < -0.39 is 0 Å². The first kappa shape index (κ1) is 23.5. The Labute approximate surface area is 220 Å². The Morgan fingerprint density at radius 1 is 0.541 bits per heavy atom. The summed E-state index contributed by atoms with van der Waals surface area (Å²) in [7, 11) is 0. The molecule has 0 aliphatic rings. The smallest absolute Gasteiger partial charge is 0.243 e. The van der Waals surface area contributed by atoms with Crippen LogP contribution in [0.15, 0.2) is 85.1 Å². The Morgan fingerprint density at radius 3 is 1.59 bits per heavy atom. The van der Waals surface area contributed by atoms with Crippen LogP contribution in [-0.4, -0.2) is 11.7 Å². The number of para-hydroxylation sites is 1. The normalized spacial score (nSPS) is 11.5. The molecular formula is C35H32BN. The van der Waals surface area contributed by atoms with E-state index in [0.717, 1.165) is 5.52 Å². The van der Waals surface area contributed by atoms with E-state index in [2.05, 4.69) is 127 Å². The summed E-state index contributed by atoms with van der Waals surface area (Å²) in [6, 6.07) is 29.2. The summed E-state index contributed by atoms with van der Waals surface area (Å²) >= 11 is 0. The zero-order valence-corrected chi connectivity index (χ0v) is 22.6. The first-order valence-electron chi connectivity index (χ1n) is 13.2. The first-order valence-corrected chi connectivity index (χ1v) is 13.2. The third-order valence-electron chi connectivity index (χ3n) is 7.99. The van der Waals surface area contributed by atoms with E-state index in [-0.39, 0.29) is 6.71 Å². The highest BCUT2D eigenvalue weighted by Crippen LogP contribution is 2.30. The Morgan fingerprint density at radius 2 is 1.03 bits per heavy atom. The molecule has 0 saturated heterocycles. The lowest BCUT2D eigenvalue weighted by molar-refractivity contribution is 1.34. The number of benzene rings is 5. The van der Waals surface area contributed by atoms with Crippen LogP contribution in [0.25, 0.3) is 32.4 Å². The summed E-state index contributed by atoms with van der Waals surface area (Å²) in [6.07, 6.45) is 2.06. The minimum absolute atomic E-state index is 0.127. The molecule has 1 nitrogen and oxygen atoms in total. The van der Waals surface area contributed by atoms with Crippen molar-refractivity contribution >= 4 is 55.5 Å². The number of fused-ring (bicyclic) bond motifs is 5. The van der Waals surface area contributed by atoms with E-state index in [1.54, 1.807) is 0 Å². The molecule has 1 heterocycles. The largest absolute Gasteiger partial charge is 0.256 e. The number of hydrogen-bond acceptors (Lipinski definition) is 1. The van der Waals surface area contributed by atoms with Gasteiger partial charge in [-0.15, -0.1) is 0 Å². The minimum atomic E-state index is 0.127. The summed E-state index contributed by atoms with van der Waals surface area (Å²) in [5.74, 6) is 0.